The molecule has 150 valence electrons. The van der Waals surface area contributed by atoms with Crippen molar-refractivity contribution in [2.24, 2.45) is 0 Å². The third kappa shape index (κ3) is 6.79. The van der Waals surface area contributed by atoms with Gasteiger partial charge in [0.1, 0.15) is 11.7 Å². The van der Waals surface area contributed by atoms with E-state index in [1.54, 1.807) is 21.3 Å². The largest absolute Gasteiger partial charge is 0.371 e. The predicted molar refractivity (Wildman–Crippen MR) is 99.7 cm³/mol. The molecule has 0 saturated carbocycles. The molecule has 2 unspecified atom stereocenters. The number of unbranched alkanes of at least 4 members (excludes halogenated alkanes) is 6. The van der Waals surface area contributed by atoms with E-state index in [0.717, 1.165) is 38.7 Å². The first-order valence-electron chi connectivity index (χ1n) is 10.0. The van der Waals surface area contributed by atoms with E-state index in [2.05, 4.69) is 13.8 Å². The molecule has 2 atom stereocenters. The van der Waals surface area contributed by atoms with Gasteiger partial charge in [0.05, 0.1) is 13.2 Å². The van der Waals surface area contributed by atoms with Crippen molar-refractivity contribution in [3.05, 3.63) is 0 Å². The molecule has 0 N–H and O–H groups in total. The van der Waals surface area contributed by atoms with Crippen LogP contribution in [0, 0.1) is 0 Å². The Hall–Kier alpha value is -0.200. The Morgan fingerprint density at radius 3 is 1.84 bits per heavy atom. The van der Waals surface area contributed by atoms with Crippen molar-refractivity contribution in [3.63, 3.8) is 0 Å². The molecule has 1 aliphatic rings. The summed E-state index contributed by atoms with van der Waals surface area (Å²) in [5.74, 6) is -1.18. The monoisotopic (exact) mass is 360 g/mol. The molecule has 0 radical (unpaired) electrons. The van der Waals surface area contributed by atoms with E-state index in [9.17, 15) is 0 Å². The van der Waals surface area contributed by atoms with Crippen LogP contribution in [0.25, 0.3) is 0 Å². The van der Waals surface area contributed by atoms with Crippen LogP contribution in [0.1, 0.15) is 78.1 Å². The second kappa shape index (κ2) is 12.2. The molecule has 5 heteroatoms. The molecule has 0 bridgehead atoms. The summed E-state index contributed by atoms with van der Waals surface area (Å²) >= 11 is 0. The standard InChI is InChI=1S/C20H40O5/c1-6-8-10-11-12-13-15-19(14-9-7-2,25-17-18-16-24-18)20(21-3,22-4)23-5/h18H,6-17H2,1-5H3. The molecule has 1 fully saturated rings. The summed E-state index contributed by atoms with van der Waals surface area (Å²) in [6, 6.07) is 0. The van der Waals surface area contributed by atoms with Crippen LogP contribution >= 0.6 is 0 Å². The van der Waals surface area contributed by atoms with Crippen molar-refractivity contribution in [1.82, 2.24) is 0 Å². The van der Waals surface area contributed by atoms with Gasteiger partial charge in [0, 0.05) is 21.3 Å². The number of rotatable bonds is 17. The fraction of sp³-hybridized carbons (Fsp3) is 1.00. The van der Waals surface area contributed by atoms with Crippen LogP contribution in [0.4, 0.5) is 0 Å². The van der Waals surface area contributed by atoms with Gasteiger partial charge < -0.3 is 23.7 Å². The first-order chi connectivity index (χ1) is 12.1. The molecule has 0 spiro atoms. The molecule has 0 aromatic rings. The molecule has 0 amide bonds. The maximum atomic E-state index is 6.42. The van der Waals surface area contributed by atoms with Gasteiger partial charge in [-0.25, -0.2) is 0 Å². The smallest absolute Gasteiger partial charge is 0.313 e. The van der Waals surface area contributed by atoms with E-state index in [0.29, 0.717) is 6.61 Å². The van der Waals surface area contributed by atoms with Crippen molar-refractivity contribution < 1.29 is 23.7 Å². The highest BCUT2D eigenvalue weighted by Gasteiger charge is 2.55. The maximum Gasteiger partial charge on any atom is 0.313 e. The topological polar surface area (TPSA) is 49.5 Å². The second-order valence-corrected chi connectivity index (χ2v) is 7.05. The highest BCUT2D eigenvalue weighted by Crippen LogP contribution is 2.41. The van der Waals surface area contributed by atoms with E-state index in [-0.39, 0.29) is 6.10 Å². The van der Waals surface area contributed by atoms with Gasteiger partial charge in [-0.3, -0.25) is 0 Å². The zero-order valence-corrected chi connectivity index (χ0v) is 17.1. The second-order valence-electron chi connectivity index (χ2n) is 7.05. The van der Waals surface area contributed by atoms with Gasteiger partial charge in [0.25, 0.3) is 0 Å². The summed E-state index contributed by atoms with van der Waals surface area (Å²) in [5.41, 5.74) is -0.613. The van der Waals surface area contributed by atoms with Crippen LogP contribution in [0.5, 0.6) is 0 Å². The Kier molecular flexibility index (Phi) is 11.2. The Balaban J connectivity index is 2.80. The van der Waals surface area contributed by atoms with Crippen LogP contribution in [-0.2, 0) is 23.7 Å². The van der Waals surface area contributed by atoms with E-state index >= 15 is 0 Å². The van der Waals surface area contributed by atoms with Gasteiger partial charge in [-0.2, -0.15) is 0 Å². The zero-order chi connectivity index (χ0) is 18.6. The molecule has 0 aromatic heterocycles. The average molecular weight is 361 g/mol. The molecule has 0 aromatic carbocycles. The van der Waals surface area contributed by atoms with Crippen LogP contribution in [0.2, 0.25) is 0 Å². The molecular formula is C20H40O5. The Morgan fingerprint density at radius 2 is 1.32 bits per heavy atom. The van der Waals surface area contributed by atoms with Crippen LogP contribution < -0.4 is 0 Å². The summed E-state index contributed by atoms with van der Waals surface area (Å²) in [5, 5.41) is 0. The number of ether oxygens (including phenoxy) is 5. The Labute approximate surface area is 154 Å². The first kappa shape index (κ1) is 22.8. The van der Waals surface area contributed by atoms with Crippen molar-refractivity contribution in [2.45, 2.75) is 95.7 Å². The first-order valence-corrected chi connectivity index (χ1v) is 10.0. The highest BCUT2D eigenvalue weighted by atomic mass is 16.9. The quantitative estimate of drug-likeness (QED) is 0.214. The van der Waals surface area contributed by atoms with E-state index < -0.39 is 11.6 Å². The van der Waals surface area contributed by atoms with Crippen molar-refractivity contribution in [3.8, 4) is 0 Å². The van der Waals surface area contributed by atoms with Gasteiger partial charge in [0.2, 0.25) is 0 Å². The Morgan fingerprint density at radius 1 is 0.800 bits per heavy atom. The van der Waals surface area contributed by atoms with Crippen LogP contribution in [-0.4, -0.2) is 52.2 Å². The summed E-state index contributed by atoms with van der Waals surface area (Å²) in [4.78, 5) is 0. The molecule has 5 nitrogen and oxygen atoms in total. The van der Waals surface area contributed by atoms with Gasteiger partial charge in [0.15, 0.2) is 0 Å². The number of methoxy groups -OCH3 is 3. The normalized spacial score (nSPS) is 19.8. The van der Waals surface area contributed by atoms with Gasteiger partial charge in [-0.15, -0.1) is 0 Å². The van der Waals surface area contributed by atoms with Gasteiger partial charge in [-0.1, -0.05) is 65.2 Å². The summed E-state index contributed by atoms with van der Waals surface area (Å²) in [6.07, 6.45) is 11.5. The van der Waals surface area contributed by atoms with Crippen LogP contribution in [0.3, 0.4) is 0 Å². The molecular weight excluding hydrogens is 320 g/mol. The van der Waals surface area contributed by atoms with Crippen LogP contribution in [0.15, 0.2) is 0 Å². The minimum absolute atomic E-state index is 0.203. The van der Waals surface area contributed by atoms with E-state index in [1.807, 2.05) is 0 Å². The molecule has 1 saturated heterocycles. The lowest BCUT2D eigenvalue weighted by atomic mass is 9.86. The Bertz CT molecular complexity index is 320. The minimum atomic E-state index is -1.18. The number of epoxide rings is 1. The lowest BCUT2D eigenvalue weighted by Gasteiger charge is -2.46. The average Bonchev–Trinajstić information content (AvgIpc) is 3.47. The summed E-state index contributed by atoms with van der Waals surface area (Å²) in [7, 11) is 4.89. The molecule has 1 heterocycles. The maximum absolute atomic E-state index is 6.42. The van der Waals surface area contributed by atoms with Crippen molar-refractivity contribution in [2.75, 3.05) is 34.5 Å². The van der Waals surface area contributed by atoms with E-state index in [1.165, 1.54) is 32.1 Å². The van der Waals surface area contributed by atoms with Gasteiger partial charge in [-0.05, 0) is 12.8 Å². The third-order valence-corrected chi connectivity index (χ3v) is 5.18. The minimum Gasteiger partial charge on any atom is -0.371 e. The van der Waals surface area contributed by atoms with Crippen molar-refractivity contribution in [1.29, 1.82) is 0 Å². The lowest BCUT2D eigenvalue weighted by Crippen LogP contribution is -2.60. The fourth-order valence-corrected chi connectivity index (χ4v) is 3.54. The third-order valence-electron chi connectivity index (χ3n) is 5.18. The molecule has 1 rings (SSSR count). The van der Waals surface area contributed by atoms with Gasteiger partial charge >= 0.3 is 5.97 Å². The lowest BCUT2D eigenvalue weighted by molar-refractivity contribution is -0.429. The molecule has 25 heavy (non-hydrogen) atoms. The van der Waals surface area contributed by atoms with E-state index in [4.69, 9.17) is 23.7 Å². The number of hydrogen-bond acceptors (Lipinski definition) is 5. The SMILES string of the molecule is CCCCCCCCC(CCCC)(OCC1CO1)C(OC)(OC)OC. The molecule has 0 aliphatic carbocycles. The summed E-state index contributed by atoms with van der Waals surface area (Å²) in [6.45, 7) is 5.78. The fourth-order valence-electron chi connectivity index (χ4n) is 3.54. The zero-order valence-electron chi connectivity index (χ0n) is 17.1. The molecule has 1 aliphatic heterocycles. The highest BCUT2D eigenvalue weighted by molar-refractivity contribution is 4.92. The predicted octanol–water partition coefficient (Wildman–Crippen LogP) is 4.67. The summed E-state index contributed by atoms with van der Waals surface area (Å²) < 4.78 is 29.0. The van der Waals surface area contributed by atoms with Crippen molar-refractivity contribution >= 4 is 0 Å². The number of hydrogen-bond donors (Lipinski definition) is 0.